The molecule has 18 heavy (non-hydrogen) atoms. The van der Waals surface area contributed by atoms with E-state index in [1.54, 1.807) is 0 Å². The van der Waals surface area contributed by atoms with Crippen LogP contribution in [0.4, 0.5) is 0 Å². The highest BCUT2D eigenvalue weighted by Gasteiger charge is 2.02. The van der Waals surface area contributed by atoms with E-state index in [2.05, 4.69) is 55.3 Å². The molecular formula is C16H20N2. The van der Waals surface area contributed by atoms with E-state index >= 15 is 0 Å². The van der Waals surface area contributed by atoms with Gasteiger partial charge in [-0.1, -0.05) is 18.2 Å². The fourth-order valence-electron chi connectivity index (χ4n) is 2.15. The maximum atomic E-state index is 4.11. The molecule has 2 nitrogen and oxygen atoms in total. The lowest BCUT2D eigenvalue weighted by Gasteiger charge is -2.11. The van der Waals surface area contributed by atoms with E-state index in [1.807, 2.05) is 12.4 Å². The van der Waals surface area contributed by atoms with Crippen LogP contribution in [-0.4, -0.2) is 4.98 Å². The Morgan fingerprint density at radius 2 is 1.67 bits per heavy atom. The van der Waals surface area contributed by atoms with Crippen LogP contribution in [-0.2, 0) is 13.1 Å². The standard InChI is InChI=1S/C16H20N2/c1-12-5-4-6-13(2)16(12)11-18-10-15-7-8-17-9-14(15)3/h4-9,18H,10-11H2,1-3H3. The number of nitrogens with zero attached hydrogens (tertiary/aromatic N) is 1. The molecule has 0 aliphatic rings. The van der Waals surface area contributed by atoms with Crippen LogP contribution in [0.5, 0.6) is 0 Å². The molecule has 0 radical (unpaired) electrons. The number of rotatable bonds is 4. The van der Waals surface area contributed by atoms with E-state index in [0.717, 1.165) is 13.1 Å². The first-order valence-corrected chi connectivity index (χ1v) is 6.34. The molecule has 2 aromatic rings. The zero-order valence-electron chi connectivity index (χ0n) is 11.3. The zero-order chi connectivity index (χ0) is 13.0. The molecule has 0 spiro atoms. The van der Waals surface area contributed by atoms with Crippen molar-refractivity contribution in [2.24, 2.45) is 0 Å². The lowest BCUT2D eigenvalue weighted by Crippen LogP contribution is -2.15. The summed E-state index contributed by atoms with van der Waals surface area (Å²) < 4.78 is 0. The van der Waals surface area contributed by atoms with Crippen LogP contribution >= 0.6 is 0 Å². The SMILES string of the molecule is Cc1cnccc1CNCc1c(C)cccc1C. The van der Waals surface area contributed by atoms with Gasteiger partial charge in [0.2, 0.25) is 0 Å². The van der Waals surface area contributed by atoms with Gasteiger partial charge in [0.15, 0.2) is 0 Å². The first kappa shape index (κ1) is 12.8. The molecule has 1 N–H and O–H groups in total. The minimum Gasteiger partial charge on any atom is -0.309 e. The lowest BCUT2D eigenvalue weighted by molar-refractivity contribution is 0.684. The van der Waals surface area contributed by atoms with Crippen LogP contribution in [0, 0.1) is 20.8 Å². The van der Waals surface area contributed by atoms with Crippen LogP contribution in [0.15, 0.2) is 36.7 Å². The number of aryl methyl sites for hydroxylation is 3. The van der Waals surface area contributed by atoms with Crippen LogP contribution in [0.2, 0.25) is 0 Å². The first-order chi connectivity index (χ1) is 8.68. The number of hydrogen-bond acceptors (Lipinski definition) is 2. The van der Waals surface area contributed by atoms with Crippen molar-refractivity contribution >= 4 is 0 Å². The molecule has 0 fully saturated rings. The van der Waals surface area contributed by atoms with Gasteiger partial charge in [0.05, 0.1) is 0 Å². The Bertz CT molecular complexity index is 512. The van der Waals surface area contributed by atoms with Gasteiger partial charge < -0.3 is 5.32 Å². The smallest absolute Gasteiger partial charge is 0.0300 e. The van der Waals surface area contributed by atoms with Crippen LogP contribution in [0.3, 0.4) is 0 Å². The molecule has 2 heteroatoms. The molecule has 0 aliphatic carbocycles. The highest BCUT2D eigenvalue weighted by atomic mass is 14.8. The van der Waals surface area contributed by atoms with Crippen molar-refractivity contribution in [2.75, 3.05) is 0 Å². The maximum absolute atomic E-state index is 4.11. The molecule has 94 valence electrons. The lowest BCUT2D eigenvalue weighted by atomic mass is 10.0. The predicted octanol–water partition coefficient (Wildman–Crippen LogP) is 3.30. The second-order valence-electron chi connectivity index (χ2n) is 4.78. The summed E-state index contributed by atoms with van der Waals surface area (Å²) in [7, 11) is 0. The third-order valence-corrected chi connectivity index (χ3v) is 3.40. The van der Waals surface area contributed by atoms with Gasteiger partial charge in [-0.25, -0.2) is 0 Å². The fourth-order valence-corrected chi connectivity index (χ4v) is 2.15. The second-order valence-corrected chi connectivity index (χ2v) is 4.78. The van der Waals surface area contributed by atoms with Gasteiger partial charge in [-0.15, -0.1) is 0 Å². The van der Waals surface area contributed by atoms with Gasteiger partial charge in [0, 0.05) is 25.5 Å². The summed E-state index contributed by atoms with van der Waals surface area (Å²) in [6, 6.07) is 8.53. The van der Waals surface area contributed by atoms with E-state index in [1.165, 1.54) is 27.8 Å². The quantitative estimate of drug-likeness (QED) is 0.887. The van der Waals surface area contributed by atoms with E-state index in [4.69, 9.17) is 0 Å². The Balaban J connectivity index is 1.99. The number of pyridine rings is 1. The van der Waals surface area contributed by atoms with Crippen LogP contribution in [0.1, 0.15) is 27.8 Å². The van der Waals surface area contributed by atoms with Crippen molar-refractivity contribution in [3.8, 4) is 0 Å². The van der Waals surface area contributed by atoms with Crippen molar-refractivity contribution in [2.45, 2.75) is 33.9 Å². The Hall–Kier alpha value is -1.67. The second kappa shape index (κ2) is 5.78. The summed E-state index contributed by atoms with van der Waals surface area (Å²) in [5.41, 5.74) is 6.68. The summed E-state index contributed by atoms with van der Waals surface area (Å²) in [6.45, 7) is 8.24. The minimum absolute atomic E-state index is 0.891. The van der Waals surface area contributed by atoms with Gasteiger partial charge in [-0.2, -0.15) is 0 Å². The number of benzene rings is 1. The number of hydrogen-bond donors (Lipinski definition) is 1. The summed E-state index contributed by atoms with van der Waals surface area (Å²) in [5, 5.41) is 3.51. The van der Waals surface area contributed by atoms with Crippen LogP contribution < -0.4 is 5.32 Å². The van der Waals surface area contributed by atoms with Gasteiger partial charge in [0.1, 0.15) is 0 Å². The molecule has 0 aliphatic heterocycles. The monoisotopic (exact) mass is 240 g/mol. The molecule has 0 amide bonds. The first-order valence-electron chi connectivity index (χ1n) is 6.34. The van der Waals surface area contributed by atoms with Crippen molar-refractivity contribution in [1.29, 1.82) is 0 Å². The van der Waals surface area contributed by atoms with Gasteiger partial charge in [0.25, 0.3) is 0 Å². The number of nitrogens with one attached hydrogen (secondary N) is 1. The fraction of sp³-hybridized carbons (Fsp3) is 0.312. The third-order valence-electron chi connectivity index (χ3n) is 3.40. The van der Waals surface area contributed by atoms with Crippen molar-refractivity contribution in [3.63, 3.8) is 0 Å². The largest absolute Gasteiger partial charge is 0.309 e. The van der Waals surface area contributed by atoms with E-state index in [-0.39, 0.29) is 0 Å². The van der Waals surface area contributed by atoms with Crippen LogP contribution in [0.25, 0.3) is 0 Å². The van der Waals surface area contributed by atoms with Crippen molar-refractivity contribution in [1.82, 2.24) is 10.3 Å². The molecule has 0 bridgehead atoms. The topological polar surface area (TPSA) is 24.9 Å². The Morgan fingerprint density at radius 1 is 0.944 bits per heavy atom. The Kier molecular flexibility index (Phi) is 4.11. The van der Waals surface area contributed by atoms with E-state index in [9.17, 15) is 0 Å². The Morgan fingerprint density at radius 3 is 2.33 bits per heavy atom. The molecule has 0 saturated carbocycles. The minimum atomic E-state index is 0.891. The summed E-state index contributed by atoms with van der Waals surface area (Å²) in [4.78, 5) is 4.11. The molecule has 0 atom stereocenters. The normalized spacial score (nSPS) is 10.6. The molecule has 1 aromatic carbocycles. The predicted molar refractivity (Wildman–Crippen MR) is 75.4 cm³/mol. The Labute approximate surface area is 109 Å². The van der Waals surface area contributed by atoms with Crippen molar-refractivity contribution < 1.29 is 0 Å². The van der Waals surface area contributed by atoms with E-state index in [0.29, 0.717) is 0 Å². The average Bonchev–Trinajstić information content (AvgIpc) is 2.35. The summed E-state index contributed by atoms with van der Waals surface area (Å²) >= 11 is 0. The number of aromatic nitrogens is 1. The van der Waals surface area contributed by atoms with E-state index < -0.39 is 0 Å². The third kappa shape index (κ3) is 2.96. The van der Waals surface area contributed by atoms with Gasteiger partial charge in [-0.05, 0) is 54.7 Å². The van der Waals surface area contributed by atoms with Gasteiger partial charge >= 0.3 is 0 Å². The summed E-state index contributed by atoms with van der Waals surface area (Å²) in [5.74, 6) is 0. The highest BCUT2D eigenvalue weighted by Crippen LogP contribution is 2.13. The molecule has 0 unspecified atom stereocenters. The average molecular weight is 240 g/mol. The molecule has 1 heterocycles. The van der Waals surface area contributed by atoms with Gasteiger partial charge in [-0.3, -0.25) is 4.98 Å². The summed E-state index contributed by atoms with van der Waals surface area (Å²) in [6.07, 6.45) is 3.76. The molecular weight excluding hydrogens is 220 g/mol. The molecule has 1 aromatic heterocycles. The molecule has 0 saturated heterocycles. The zero-order valence-corrected chi connectivity index (χ0v) is 11.3. The molecule has 2 rings (SSSR count). The maximum Gasteiger partial charge on any atom is 0.0300 e. The van der Waals surface area contributed by atoms with Crippen molar-refractivity contribution in [3.05, 3.63) is 64.5 Å². The highest BCUT2D eigenvalue weighted by molar-refractivity contribution is 5.33.